The number of nitrogens with one attached hydrogen (secondary N) is 1. The maximum atomic E-state index is 11.8. The van der Waals surface area contributed by atoms with Crippen molar-refractivity contribution < 1.29 is 9.53 Å². The molecule has 0 amide bonds. The minimum absolute atomic E-state index is 0.150. The minimum Gasteiger partial charge on any atom is -0.468 e. The number of rotatable bonds is 5. The summed E-state index contributed by atoms with van der Waals surface area (Å²) in [4.78, 5) is 14.1. The highest BCUT2D eigenvalue weighted by atomic mass is 16.5. The Kier molecular flexibility index (Phi) is 3.53. The van der Waals surface area contributed by atoms with Gasteiger partial charge in [-0.15, -0.1) is 0 Å². The van der Waals surface area contributed by atoms with Gasteiger partial charge in [-0.2, -0.15) is 0 Å². The first-order valence-corrected chi connectivity index (χ1v) is 6.89. The van der Waals surface area contributed by atoms with Gasteiger partial charge in [-0.25, -0.2) is 0 Å². The molecule has 1 aliphatic heterocycles. The first-order chi connectivity index (χ1) is 9.26. The molecule has 0 saturated heterocycles. The van der Waals surface area contributed by atoms with E-state index in [1.165, 1.54) is 31.1 Å². The molecule has 102 valence electrons. The molecule has 4 nitrogen and oxygen atoms in total. The summed E-state index contributed by atoms with van der Waals surface area (Å²) in [6.45, 7) is 2.57. The minimum atomic E-state index is -0.202. The van der Waals surface area contributed by atoms with Crippen molar-refractivity contribution in [2.45, 2.75) is 38.0 Å². The van der Waals surface area contributed by atoms with Crippen LogP contribution in [0.15, 0.2) is 24.3 Å². The second kappa shape index (κ2) is 5.31. The second-order valence-electron chi connectivity index (χ2n) is 5.46. The van der Waals surface area contributed by atoms with Crippen molar-refractivity contribution in [1.29, 1.82) is 0 Å². The molecular weight excluding hydrogens is 240 g/mol. The van der Waals surface area contributed by atoms with Gasteiger partial charge in [0.2, 0.25) is 0 Å². The molecule has 1 atom stereocenters. The van der Waals surface area contributed by atoms with Gasteiger partial charge in [-0.3, -0.25) is 9.69 Å². The summed E-state index contributed by atoms with van der Waals surface area (Å²) >= 11 is 0. The first-order valence-electron chi connectivity index (χ1n) is 6.89. The highest BCUT2D eigenvalue weighted by Crippen LogP contribution is 2.24. The van der Waals surface area contributed by atoms with E-state index in [0.29, 0.717) is 6.04 Å². The summed E-state index contributed by atoms with van der Waals surface area (Å²) in [6, 6.07) is 8.78. The van der Waals surface area contributed by atoms with E-state index in [0.717, 1.165) is 19.6 Å². The van der Waals surface area contributed by atoms with Gasteiger partial charge in [0.05, 0.1) is 7.11 Å². The van der Waals surface area contributed by atoms with Crippen molar-refractivity contribution in [3.05, 3.63) is 35.4 Å². The van der Waals surface area contributed by atoms with Crippen LogP contribution in [0, 0.1) is 0 Å². The monoisotopic (exact) mass is 260 g/mol. The zero-order valence-electron chi connectivity index (χ0n) is 11.3. The summed E-state index contributed by atoms with van der Waals surface area (Å²) < 4.78 is 4.90. The normalized spacial score (nSPS) is 20.1. The molecule has 0 radical (unpaired) electrons. The highest BCUT2D eigenvalue weighted by Gasteiger charge is 2.31. The molecule has 1 heterocycles. The Hall–Kier alpha value is -1.39. The van der Waals surface area contributed by atoms with E-state index in [-0.39, 0.29) is 12.0 Å². The molecule has 1 aromatic rings. The lowest BCUT2D eigenvalue weighted by molar-refractivity contribution is -0.143. The molecule has 1 unspecified atom stereocenters. The Labute approximate surface area is 113 Å². The topological polar surface area (TPSA) is 41.6 Å². The summed E-state index contributed by atoms with van der Waals surface area (Å²) in [5, 5.41) is 3.38. The molecule has 1 aromatic carbocycles. The zero-order chi connectivity index (χ0) is 13.2. The van der Waals surface area contributed by atoms with Crippen LogP contribution in [0.25, 0.3) is 0 Å². The Morgan fingerprint density at radius 2 is 2.00 bits per heavy atom. The third-order valence-corrected chi connectivity index (χ3v) is 3.85. The van der Waals surface area contributed by atoms with Crippen LogP contribution in [-0.4, -0.2) is 36.6 Å². The Morgan fingerprint density at radius 3 is 2.53 bits per heavy atom. The fourth-order valence-electron chi connectivity index (χ4n) is 2.66. The van der Waals surface area contributed by atoms with Crippen molar-refractivity contribution >= 4 is 5.97 Å². The third-order valence-electron chi connectivity index (χ3n) is 3.85. The summed E-state index contributed by atoms with van der Waals surface area (Å²) in [7, 11) is 1.46. The van der Waals surface area contributed by atoms with E-state index < -0.39 is 0 Å². The van der Waals surface area contributed by atoms with Crippen molar-refractivity contribution in [3.63, 3.8) is 0 Å². The molecule has 19 heavy (non-hydrogen) atoms. The van der Waals surface area contributed by atoms with Crippen molar-refractivity contribution in [3.8, 4) is 0 Å². The van der Waals surface area contributed by atoms with E-state index in [9.17, 15) is 4.79 Å². The number of esters is 1. The van der Waals surface area contributed by atoms with E-state index >= 15 is 0 Å². The van der Waals surface area contributed by atoms with Gasteiger partial charge in [0.1, 0.15) is 6.04 Å². The van der Waals surface area contributed by atoms with Crippen LogP contribution in [0.5, 0.6) is 0 Å². The van der Waals surface area contributed by atoms with Crippen LogP contribution < -0.4 is 5.32 Å². The predicted molar refractivity (Wildman–Crippen MR) is 72.5 cm³/mol. The summed E-state index contributed by atoms with van der Waals surface area (Å²) in [5.74, 6) is -0.150. The van der Waals surface area contributed by atoms with Crippen LogP contribution in [-0.2, 0) is 22.6 Å². The molecule has 4 heteroatoms. The van der Waals surface area contributed by atoms with Crippen LogP contribution in [0.4, 0.5) is 0 Å². The van der Waals surface area contributed by atoms with Gasteiger partial charge in [0.25, 0.3) is 0 Å². The van der Waals surface area contributed by atoms with Gasteiger partial charge in [-0.1, -0.05) is 24.3 Å². The number of nitrogens with zero attached hydrogens (tertiary/aromatic N) is 1. The lowest BCUT2D eigenvalue weighted by Crippen LogP contribution is -2.46. The maximum absolute atomic E-state index is 11.8. The van der Waals surface area contributed by atoms with Crippen molar-refractivity contribution in [1.82, 2.24) is 10.2 Å². The molecule has 3 rings (SSSR count). The van der Waals surface area contributed by atoms with Crippen LogP contribution in [0.2, 0.25) is 0 Å². The van der Waals surface area contributed by atoms with Gasteiger partial charge in [0, 0.05) is 25.7 Å². The molecule has 2 aliphatic rings. The largest absolute Gasteiger partial charge is 0.468 e. The Balaban J connectivity index is 1.62. The average molecular weight is 260 g/mol. The molecule has 0 bridgehead atoms. The molecule has 0 spiro atoms. The molecule has 1 N–H and O–H groups in total. The van der Waals surface area contributed by atoms with Gasteiger partial charge in [0.15, 0.2) is 0 Å². The zero-order valence-corrected chi connectivity index (χ0v) is 11.3. The maximum Gasteiger partial charge on any atom is 0.324 e. The standard InChI is InChI=1S/C15H20N2O2/c1-19-15(18)14(16-13-6-7-13)10-17-8-11-4-2-3-5-12(11)9-17/h2-5,13-14,16H,6-10H2,1H3. The molecule has 1 fully saturated rings. The smallest absolute Gasteiger partial charge is 0.324 e. The summed E-state index contributed by atoms with van der Waals surface area (Å²) in [5.41, 5.74) is 2.75. The first kappa shape index (κ1) is 12.6. The van der Waals surface area contributed by atoms with Crippen LogP contribution in [0.3, 0.4) is 0 Å². The SMILES string of the molecule is COC(=O)C(CN1Cc2ccccc2C1)NC1CC1. The van der Waals surface area contributed by atoms with Crippen LogP contribution in [0.1, 0.15) is 24.0 Å². The number of hydrogen-bond donors (Lipinski definition) is 1. The fraction of sp³-hybridized carbons (Fsp3) is 0.533. The fourth-order valence-corrected chi connectivity index (χ4v) is 2.66. The number of ether oxygens (including phenoxy) is 1. The number of carbonyl (C=O) groups excluding carboxylic acids is 1. The number of fused-ring (bicyclic) bond motifs is 1. The summed E-state index contributed by atoms with van der Waals surface area (Å²) in [6.07, 6.45) is 2.35. The molecule has 0 aromatic heterocycles. The molecular formula is C15H20N2O2. The number of carbonyl (C=O) groups is 1. The van der Waals surface area contributed by atoms with E-state index in [1.807, 2.05) is 0 Å². The van der Waals surface area contributed by atoms with Crippen molar-refractivity contribution in [2.24, 2.45) is 0 Å². The van der Waals surface area contributed by atoms with Crippen molar-refractivity contribution in [2.75, 3.05) is 13.7 Å². The average Bonchev–Trinajstić information content (AvgIpc) is 3.14. The number of benzene rings is 1. The van der Waals surface area contributed by atoms with Gasteiger partial charge in [-0.05, 0) is 24.0 Å². The van der Waals surface area contributed by atoms with E-state index in [2.05, 4.69) is 34.5 Å². The highest BCUT2D eigenvalue weighted by molar-refractivity contribution is 5.76. The number of methoxy groups -OCH3 is 1. The predicted octanol–water partition coefficient (Wildman–Crippen LogP) is 1.30. The van der Waals surface area contributed by atoms with Crippen LogP contribution >= 0.6 is 0 Å². The number of hydrogen-bond acceptors (Lipinski definition) is 4. The lowest BCUT2D eigenvalue weighted by Gasteiger charge is -2.22. The molecule has 1 aliphatic carbocycles. The second-order valence-corrected chi connectivity index (χ2v) is 5.46. The van der Waals surface area contributed by atoms with E-state index in [4.69, 9.17) is 4.74 Å². The lowest BCUT2D eigenvalue weighted by atomic mass is 10.1. The van der Waals surface area contributed by atoms with E-state index in [1.54, 1.807) is 0 Å². The third kappa shape index (κ3) is 2.96. The quantitative estimate of drug-likeness (QED) is 0.810. The van der Waals surface area contributed by atoms with Gasteiger partial charge >= 0.3 is 5.97 Å². The Bertz CT molecular complexity index is 446. The van der Waals surface area contributed by atoms with Gasteiger partial charge < -0.3 is 10.1 Å². The molecule has 1 saturated carbocycles. The Morgan fingerprint density at radius 1 is 1.37 bits per heavy atom.